The zero-order chi connectivity index (χ0) is 22.6. The highest BCUT2D eigenvalue weighted by Crippen LogP contribution is 2.31. The van der Waals surface area contributed by atoms with Crippen molar-refractivity contribution in [1.29, 1.82) is 0 Å². The van der Waals surface area contributed by atoms with Crippen LogP contribution in [0.25, 0.3) is 0 Å². The fourth-order valence-electron chi connectivity index (χ4n) is 2.84. The zero-order valence-electron chi connectivity index (χ0n) is 18.7. The lowest BCUT2D eigenvalue weighted by Crippen LogP contribution is -2.36. The number of esters is 1. The molecular weight excluding hydrogens is 396 g/mol. The molecule has 2 aromatic rings. The van der Waals surface area contributed by atoms with Gasteiger partial charge in [0.05, 0.1) is 31.9 Å². The Kier molecular flexibility index (Phi) is 9.68. The van der Waals surface area contributed by atoms with Crippen molar-refractivity contribution >= 4 is 12.0 Å². The number of carbonyl (C=O) groups is 2. The van der Waals surface area contributed by atoms with E-state index < -0.39 is 0 Å². The van der Waals surface area contributed by atoms with Crippen LogP contribution in [0.15, 0.2) is 42.5 Å². The molecule has 2 amide bonds. The molecule has 1 unspecified atom stereocenters. The first-order valence-corrected chi connectivity index (χ1v) is 10.6. The molecule has 0 fully saturated rings. The molecule has 0 bridgehead atoms. The maximum atomic E-state index is 12.3. The summed E-state index contributed by atoms with van der Waals surface area (Å²) in [6.45, 7) is 7.58. The first-order valence-electron chi connectivity index (χ1n) is 10.6. The van der Waals surface area contributed by atoms with E-state index in [-0.39, 0.29) is 18.0 Å². The predicted molar refractivity (Wildman–Crippen MR) is 120 cm³/mol. The van der Waals surface area contributed by atoms with Gasteiger partial charge in [0.1, 0.15) is 0 Å². The van der Waals surface area contributed by atoms with Gasteiger partial charge < -0.3 is 24.8 Å². The Morgan fingerprint density at radius 1 is 0.935 bits per heavy atom. The summed E-state index contributed by atoms with van der Waals surface area (Å²) in [5, 5.41) is 5.76. The highest BCUT2D eigenvalue weighted by Gasteiger charge is 2.14. The molecule has 168 valence electrons. The molecule has 0 saturated heterocycles. The smallest absolute Gasteiger partial charge is 0.337 e. The number of benzene rings is 2. The van der Waals surface area contributed by atoms with Crippen molar-refractivity contribution in [2.45, 2.75) is 46.2 Å². The van der Waals surface area contributed by atoms with Crippen molar-refractivity contribution < 1.29 is 23.8 Å². The van der Waals surface area contributed by atoms with Crippen molar-refractivity contribution in [2.75, 3.05) is 20.3 Å². The molecule has 31 heavy (non-hydrogen) atoms. The van der Waals surface area contributed by atoms with Crippen LogP contribution in [0.2, 0.25) is 0 Å². The highest BCUT2D eigenvalue weighted by molar-refractivity contribution is 5.89. The van der Waals surface area contributed by atoms with Crippen LogP contribution < -0.4 is 20.1 Å². The molecule has 0 heterocycles. The molecule has 0 aliphatic rings. The van der Waals surface area contributed by atoms with E-state index in [2.05, 4.69) is 22.3 Å². The van der Waals surface area contributed by atoms with Gasteiger partial charge in [0.2, 0.25) is 0 Å². The van der Waals surface area contributed by atoms with Crippen LogP contribution in [-0.4, -0.2) is 32.3 Å². The van der Waals surface area contributed by atoms with E-state index in [9.17, 15) is 9.59 Å². The topological polar surface area (TPSA) is 85.9 Å². The zero-order valence-corrected chi connectivity index (χ0v) is 18.7. The van der Waals surface area contributed by atoms with Crippen molar-refractivity contribution in [2.24, 2.45) is 0 Å². The Hall–Kier alpha value is -3.22. The maximum Gasteiger partial charge on any atom is 0.337 e. The summed E-state index contributed by atoms with van der Waals surface area (Å²) in [5.74, 6) is 1.01. The molecule has 2 aromatic carbocycles. The van der Waals surface area contributed by atoms with E-state index in [0.29, 0.717) is 36.8 Å². The van der Waals surface area contributed by atoms with Crippen LogP contribution >= 0.6 is 0 Å². The summed E-state index contributed by atoms with van der Waals surface area (Å²) in [6.07, 6.45) is 1.81. The summed E-state index contributed by atoms with van der Waals surface area (Å²) >= 11 is 0. The molecule has 1 atom stereocenters. The lowest BCUT2D eigenvalue weighted by molar-refractivity contribution is 0.0600. The molecule has 0 spiro atoms. The van der Waals surface area contributed by atoms with Crippen molar-refractivity contribution in [3.05, 3.63) is 59.2 Å². The molecule has 2 N–H and O–H groups in total. The average molecular weight is 429 g/mol. The van der Waals surface area contributed by atoms with Gasteiger partial charge >= 0.3 is 12.0 Å². The quantitative estimate of drug-likeness (QED) is 0.511. The number of methoxy groups -OCH3 is 1. The minimum Gasteiger partial charge on any atom is -0.490 e. The second-order valence-electron chi connectivity index (χ2n) is 7.14. The monoisotopic (exact) mass is 428 g/mol. The number of hydrogen-bond donors (Lipinski definition) is 2. The van der Waals surface area contributed by atoms with Crippen LogP contribution in [0, 0.1) is 0 Å². The fourth-order valence-corrected chi connectivity index (χ4v) is 2.84. The molecule has 0 radical (unpaired) electrons. The lowest BCUT2D eigenvalue weighted by atomic mass is 10.1. The SMILES string of the molecule is CCCOc1ccc(C(C)NC(=O)NCc2ccc(C(=O)OC)cc2)cc1OCCC. The van der Waals surface area contributed by atoms with E-state index in [4.69, 9.17) is 9.47 Å². The summed E-state index contributed by atoms with van der Waals surface area (Å²) in [7, 11) is 1.34. The van der Waals surface area contributed by atoms with Gasteiger partial charge in [0, 0.05) is 6.54 Å². The number of rotatable bonds is 11. The molecule has 0 saturated carbocycles. The van der Waals surface area contributed by atoms with Gasteiger partial charge in [-0.05, 0) is 55.2 Å². The molecule has 0 aliphatic heterocycles. The minimum atomic E-state index is -0.389. The summed E-state index contributed by atoms with van der Waals surface area (Å²) in [5.41, 5.74) is 2.27. The summed E-state index contributed by atoms with van der Waals surface area (Å²) < 4.78 is 16.3. The van der Waals surface area contributed by atoms with Gasteiger partial charge in [-0.3, -0.25) is 0 Å². The third kappa shape index (κ3) is 7.51. The van der Waals surface area contributed by atoms with Gasteiger partial charge in [-0.1, -0.05) is 32.0 Å². The van der Waals surface area contributed by atoms with Crippen molar-refractivity contribution in [3.8, 4) is 11.5 Å². The van der Waals surface area contributed by atoms with Gasteiger partial charge in [-0.15, -0.1) is 0 Å². The maximum absolute atomic E-state index is 12.3. The van der Waals surface area contributed by atoms with Crippen LogP contribution in [0.3, 0.4) is 0 Å². The van der Waals surface area contributed by atoms with Crippen molar-refractivity contribution in [1.82, 2.24) is 10.6 Å². The first kappa shape index (κ1) is 24.1. The first-order chi connectivity index (χ1) is 15.0. The van der Waals surface area contributed by atoms with Gasteiger partial charge in [-0.2, -0.15) is 0 Å². The molecule has 0 aliphatic carbocycles. The molecule has 7 heteroatoms. The fraction of sp³-hybridized carbons (Fsp3) is 0.417. The number of amides is 2. The van der Waals surface area contributed by atoms with Crippen LogP contribution in [0.1, 0.15) is 61.1 Å². The second-order valence-corrected chi connectivity index (χ2v) is 7.14. The average Bonchev–Trinajstić information content (AvgIpc) is 2.80. The van der Waals surface area contributed by atoms with E-state index in [1.165, 1.54) is 7.11 Å². The Morgan fingerprint density at radius 3 is 2.19 bits per heavy atom. The minimum absolute atomic E-state index is 0.217. The van der Waals surface area contributed by atoms with Crippen LogP contribution in [0.5, 0.6) is 11.5 Å². The van der Waals surface area contributed by atoms with Gasteiger partial charge in [0.15, 0.2) is 11.5 Å². The van der Waals surface area contributed by atoms with Gasteiger partial charge in [0.25, 0.3) is 0 Å². The van der Waals surface area contributed by atoms with Crippen LogP contribution in [0.4, 0.5) is 4.79 Å². The Labute approximate surface area is 184 Å². The standard InChI is InChI=1S/C24H32N2O5/c1-5-13-30-21-12-11-20(15-22(21)31-14-6-2)17(3)26-24(28)25-16-18-7-9-19(10-8-18)23(27)29-4/h7-12,15,17H,5-6,13-14,16H2,1-4H3,(H2,25,26,28). The Balaban J connectivity index is 1.94. The van der Waals surface area contributed by atoms with Gasteiger partial charge in [-0.25, -0.2) is 9.59 Å². The molecule has 0 aromatic heterocycles. The Bertz CT molecular complexity index is 852. The normalized spacial score (nSPS) is 11.4. The van der Waals surface area contributed by atoms with Crippen molar-refractivity contribution in [3.63, 3.8) is 0 Å². The summed E-state index contributed by atoms with van der Waals surface area (Å²) in [6, 6.07) is 12.1. The molecule has 7 nitrogen and oxygen atoms in total. The molecular formula is C24H32N2O5. The number of urea groups is 1. The predicted octanol–water partition coefficient (Wildman–Crippen LogP) is 4.61. The van der Waals surface area contributed by atoms with E-state index in [1.54, 1.807) is 24.3 Å². The van der Waals surface area contributed by atoms with E-state index in [0.717, 1.165) is 24.0 Å². The number of ether oxygens (including phenoxy) is 3. The third-order valence-electron chi connectivity index (χ3n) is 4.57. The van der Waals surface area contributed by atoms with Crippen LogP contribution in [-0.2, 0) is 11.3 Å². The number of carbonyl (C=O) groups excluding carboxylic acids is 2. The largest absolute Gasteiger partial charge is 0.490 e. The number of nitrogens with one attached hydrogen (secondary N) is 2. The third-order valence-corrected chi connectivity index (χ3v) is 4.57. The van der Waals surface area contributed by atoms with E-state index in [1.807, 2.05) is 32.0 Å². The van der Waals surface area contributed by atoms with E-state index >= 15 is 0 Å². The molecule has 2 rings (SSSR count). The second kappa shape index (κ2) is 12.5. The highest BCUT2D eigenvalue weighted by atomic mass is 16.5. The number of hydrogen-bond acceptors (Lipinski definition) is 5. The summed E-state index contributed by atoms with van der Waals surface area (Å²) in [4.78, 5) is 23.8. The lowest BCUT2D eigenvalue weighted by Gasteiger charge is -2.18. The Morgan fingerprint density at radius 2 is 1.58 bits per heavy atom.